The van der Waals surface area contributed by atoms with Crippen molar-refractivity contribution in [3.63, 3.8) is 0 Å². The number of hydrogen-bond donors (Lipinski definition) is 2. The number of nitrogens with one attached hydrogen (secondary N) is 2. The molecule has 3 rings (SSSR count). The maximum Gasteiger partial charge on any atom is 0.286 e. The van der Waals surface area contributed by atoms with Gasteiger partial charge in [0.05, 0.1) is 12.0 Å². The van der Waals surface area contributed by atoms with Gasteiger partial charge in [0.2, 0.25) is 5.91 Å². The molecule has 2 N–H and O–H groups in total. The molecule has 7 heteroatoms. The molecule has 0 aliphatic rings. The van der Waals surface area contributed by atoms with Crippen LogP contribution in [-0.2, 0) is 11.2 Å². The fourth-order valence-corrected chi connectivity index (χ4v) is 2.62. The van der Waals surface area contributed by atoms with Crippen molar-refractivity contribution in [3.8, 4) is 5.69 Å². The average molecular weight is 366 g/mol. The lowest BCUT2D eigenvalue weighted by molar-refractivity contribution is -0.121. The van der Waals surface area contributed by atoms with Crippen LogP contribution in [0.5, 0.6) is 0 Å². The first-order valence-corrected chi connectivity index (χ1v) is 8.90. The lowest BCUT2D eigenvalue weighted by atomic mass is 10.1. The molecule has 0 saturated heterocycles. The SMILES string of the molecule is O=C(CCCNC(=O)c1ccco1)NCCc1ccc(-n2cccn2)cc1. The molecular weight excluding hydrogens is 344 g/mol. The van der Waals surface area contributed by atoms with Crippen LogP contribution in [0.15, 0.2) is 65.5 Å². The first-order chi connectivity index (χ1) is 13.2. The number of benzene rings is 1. The highest BCUT2D eigenvalue weighted by molar-refractivity contribution is 5.91. The van der Waals surface area contributed by atoms with Crippen molar-refractivity contribution in [2.75, 3.05) is 13.1 Å². The molecule has 0 atom stereocenters. The first kappa shape index (κ1) is 18.4. The number of carbonyl (C=O) groups excluding carboxylic acids is 2. The molecule has 0 aliphatic heterocycles. The van der Waals surface area contributed by atoms with Gasteiger partial charge in [-0.3, -0.25) is 9.59 Å². The second-order valence-corrected chi connectivity index (χ2v) is 6.05. The van der Waals surface area contributed by atoms with Crippen LogP contribution in [0.1, 0.15) is 29.0 Å². The molecule has 2 aromatic heterocycles. The van der Waals surface area contributed by atoms with E-state index in [0.717, 1.165) is 17.7 Å². The summed E-state index contributed by atoms with van der Waals surface area (Å²) >= 11 is 0. The van der Waals surface area contributed by atoms with Gasteiger partial charge in [0.15, 0.2) is 5.76 Å². The van der Waals surface area contributed by atoms with E-state index in [1.54, 1.807) is 23.0 Å². The summed E-state index contributed by atoms with van der Waals surface area (Å²) in [5.41, 5.74) is 2.15. The summed E-state index contributed by atoms with van der Waals surface area (Å²) in [6.07, 6.45) is 6.80. The van der Waals surface area contributed by atoms with Crippen LogP contribution in [0.4, 0.5) is 0 Å². The van der Waals surface area contributed by atoms with Crippen molar-refractivity contribution in [2.24, 2.45) is 0 Å². The Morgan fingerprint density at radius 1 is 1.04 bits per heavy atom. The summed E-state index contributed by atoms with van der Waals surface area (Å²) < 4.78 is 6.80. The summed E-state index contributed by atoms with van der Waals surface area (Å²) in [7, 11) is 0. The maximum absolute atomic E-state index is 11.9. The van der Waals surface area contributed by atoms with E-state index < -0.39 is 0 Å². The standard InChI is InChI=1S/C20H22N4O3/c25-19(5-1-11-22-20(26)18-4-2-15-27-18)21-13-10-16-6-8-17(9-7-16)24-14-3-12-23-24/h2-4,6-9,12,14-15H,1,5,10-11,13H2,(H,21,25)(H,22,26). The third-order valence-corrected chi connectivity index (χ3v) is 4.05. The number of carbonyl (C=O) groups is 2. The molecule has 0 fully saturated rings. The molecule has 2 heterocycles. The molecule has 3 aromatic rings. The summed E-state index contributed by atoms with van der Waals surface area (Å²) in [6, 6.07) is 13.2. The third kappa shape index (κ3) is 5.57. The Balaban J connectivity index is 1.30. The minimum atomic E-state index is -0.265. The van der Waals surface area contributed by atoms with E-state index in [-0.39, 0.29) is 17.6 Å². The Bertz CT molecular complexity index is 840. The highest BCUT2D eigenvalue weighted by Gasteiger charge is 2.07. The van der Waals surface area contributed by atoms with Gasteiger partial charge in [0, 0.05) is 31.9 Å². The van der Waals surface area contributed by atoms with Crippen molar-refractivity contribution in [1.29, 1.82) is 0 Å². The van der Waals surface area contributed by atoms with Crippen molar-refractivity contribution < 1.29 is 14.0 Å². The van der Waals surface area contributed by atoms with Crippen LogP contribution in [0, 0.1) is 0 Å². The highest BCUT2D eigenvalue weighted by Crippen LogP contribution is 2.08. The van der Waals surface area contributed by atoms with Crippen LogP contribution in [0.2, 0.25) is 0 Å². The van der Waals surface area contributed by atoms with Crippen LogP contribution >= 0.6 is 0 Å². The average Bonchev–Trinajstić information content (AvgIpc) is 3.39. The van der Waals surface area contributed by atoms with E-state index in [0.29, 0.717) is 25.9 Å². The van der Waals surface area contributed by atoms with E-state index in [9.17, 15) is 9.59 Å². The largest absolute Gasteiger partial charge is 0.459 e. The maximum atomic E-state index is 11.9. The second kappa shape index (κ2) is 9.38. The smallest absolute Gasteiger partial charge is 0.286 e. The first-order valence-electron chi connectivity index (χ1n) is 8.90. The highest BCUT2D eigenvalue weighted by atomic mass is 16.3. The minimum absolute atomic E-state index is 0.0181. The van der Waals surface area contributed by atoms with E-state index in [1.807, 2.05) is 36.5 Å². The number of nitrogens with zero attached hydrogens (tertiary/aromatic N) is 2. The fraction of sp³-hybridized carbons (Fsp3) is 0.250. The van der Waals surface area contributed by atoms with Gasteiger partial charge in [0.25, 0.3) is 5.91 Å². The zero-order valence-electron chi connectivity index (χ0n) is 14.9. The summed E-state index contributed by atoms with van der Waals surface area (Å²) in [4.78, 5) is 23.5. The molecule has 0 unspecified atom stereocenters. The Labute approximate surface area is 157 Å². The quantitative estimate of drug-likeness (QED) is 0.569. The van der Waals surface area contributed by atoms with Gasteiger partial charge >= 0.3 is 0 Å². The zero-order valence-corrected chi connectivity index (χ0v) is 14.9. The normalized spacial score (nSPS) is 10.5. The number of amides is 2. The molecule has 27 heavy (non-hydrogen) atoms. The van der Waals surface area contributed by atoms with Gasteiger partial charge in [-0.2, -0.15) is 5.10 Å². The van der Waals surface area contributed by atoms with Crippen molar-refractivity contribution >= 4 is 11.8 Å². The lowest BCUT2D eigenvalue weighted by Crippen LogP contribution is -2.28. The molecule has 0 bridgehead atoms. The summed E-state index contributed by atoms with van der Waals surface area (Å²) in [5, 5.41) is 9.81. The van der Waals surface area contributed by atoms with Crippen molar-refractivity contribution in [2.45, 2.75) is 19.3 Å². The molecule has 2 amide bonds. The van der Waals surface area contributed by atoms with Gasteiger partial charge in [-0.05, 0) is 48.7 Å². The Morgan fingerprint density at radius 3 is 2.59 bits per heavy atom. The van der Waals surface area contributed by atoms with Gasteiger partial charge in [-0.25, -0.2) is 4.68 Å². The van der Waals surface area contributed by atoms with Gasteiger partial charge in [0.1, 0.15) is 0 Å². The predicted octanol–water partition coefficient (Wildman–Crippen LogP) is 2.33. The Kier molecular flexibility index (Phi) is 6.40. The van der Waals surface area contributed by atoms with Crippen LogP contribution in [0.25, 0.3) is 5.69 Å². The predicted molar refractivity (Wildman–Crippen MR) is 101 cm³/mol. The van der Waals surface area contributed by atoms with E-state index >= 15 is 0 Å². The molecular formula is C20H22N4O3. The monoisotopic (exact) mass is 366 g/mol. The third-order valence-electron chi connectivity index (χ3n) is 4.05. The number of aromatic nitrogens is 2. The summed E-state index contributed by atoms with van der Waals surface area (Å²) in [5.74, 6) is -0.00703. The van der Waals surface area contributed by atoms with Crippen LogP contribution in [0.3, 0.4) is 0 Å². The van der Waals surface area contributed by atoms with Crippen molar-refractivity contribution in [1.82, 2.24) is 20.4 Å². The Hall–Kier alpha value is -3.35. The van der Waals surface area contributed by atoms with E-state index in [4.69, 9.17) is 4.42 Å². The number of hydrogen-bond acceptors (Lipinski definition) is 4. The second-order valence-electron chi connectivity index (χ2n) is 6.05. The number of rotatable bonds is 9. The lowest BCUT2D eigenvalue weighted by Gasteiger charge is -2.07. The molecule has 140 valence electrons. The molecule has 1 aromatic carbocycles. The zero-order chi connectivity index (χ0) is 18.9. The Morgan fingerprint density at radius 2 is 1.89 bits per heavy atom. The molecule has 0 aliphatic carbocycles. The fourth-order valence-electron chi connectivity index (χ4n) is 2.62. The van der Waals surface area contributed by atoms with Crippen LogP contribution < -0.4 is 10.6 Å². The van der Waals surface area contributed by atoms with Gasteiger partial charge in [-0.1, -0.05) is 12.1 Å². The van der Waals surface area contributed by atoms with E-state index in [1.165, 1.54) is 6.26 Å². The molecule has 0 radical (unpaired) electrons. The van der Waals surface area contributed by atoms with Crippen LogP contribution in [-0.4, -0.2) is 34.7 Å². The molecule has 7 nitrogen and oxygen atoms in total. The van der Waals surface area contributed by atoms with E-state index in [2.05, 4.69) is 15.7 Å². The van der Waals surface area contributed by atoms with Gasteiger partial charge in [-0.15, -0.1) is 0 Å². The summed E-state index contributed by atoms with van der Waals surface area (Å²) in [6.45, 7) is 1.01. The molecule has 0 saturated carbocycles. The number of furan rings is 1. The topological polar surface area (TPSA) is 89.2 Å². The minimum Gasteiger partial charge on any atom is -0.459 e. The molecule has 0 spiro atoms. The van der Waals surface area contributed by atoms with Crippen molar-refractivity contribution in [3.05, 3.63) is 72.4 Å². The van der Waals surface area contributed by atoms with Gasteiger partial charge < -0.3 is 15.1 Å².